The van der Waals surface area contributed by atoms with Crippen molar-refractivity contribution >= 4 is 46.4 Å². The lowest BCUT2D eigenvalue weighted by Gasteiger charge is -2.07. The molecule has 0 fully saturated rings. The van der Waals surface area contributed by atoms with Crippen LogP contribution in [0.15, 0.2) is 29.2 Å². The van der Waals surface area contributed by atoms with Gasteiger partial charge in [-0.1, -0.05) is 52.5 Å². The van der Waals surface area contributed by atoms with E-state index in [1.54, 1.807) is 12.1 Å². The quantitative estimate of drug-likeness (QED) is 0.764. The normalized spacial score (nSPS) is 10.6. The number of halogens is 4. The minimum absolute atomic E-state index is 0.0876. The van der Waals surface area contributed by atoms with Crippen molar-refractivity contribution in [2.75, 3.05) is 0 Å². The first-order chi connectivity index (χ1) is 8.00. The molecule has 0 aliphatic heterocycles. The molecule has 2 aromatic rings. The maximum absolute atomic E-state index is 11.1. The summed E-state index contributed by atoms with van der Waals surface area (Å²) in [6, 6.07) is 4.86. The Hall–Kier alpha value is -0.670. The Labute approximate surface area is 117 Å². The molecule has 0 amide bonds. The number of pyridine rings is 1. The Balaban J connectivity index is 2.65. The lowest BCUT2D eigenvalue weighted by atomic mass is 10.1. The smallest absolute Gasteiger partial charge is 0.266 e. The van der Waals surface area contributed by atoms with E-state index in [2.05, 4.69) is 4.98 Å². The van der Waals surface area contributed by atoms with Crippen molar-refractivity contribution in [3.05, 3.63) is 54.8 Å². The van der Waals surface area contributed by atoms with E-state index in [-0.39, 0.29) is 15.6 Å². The topological polar surface area (TPSA) is 32.9 Å². The summed E-state index contributed by atoms with van der Waals surface area (Å²) in [5.41, 5.74) is 0.962. The van der Waals surface area contributed by atoms with Crippen LogP contribution in [0.4, 0.5) is 0 Å². The maximum Gasteiger partial charge on any atom is 0.266 e. The summed E-state index contributed by atoms with van der Waals surface area (Å²) in [7, 11) is 0. The molecule has 0 bridgehead atoms. The fourth-order valence-electron chi connectivity index (χ4n) is 1.36. The SMILES string of the molecule is O=c1[nH]cc(-c2ccc(Cl)c(Cl)c2Cl)cc1Cl. The van der Waals surface area contributed by atoms with Gasteiger partial charge in [0.1, 0.15) is 5.02 Å². The minimum Gasteiger partial charge on any atom is -0.327 e. The number of aromatic nitrogens is 1. The van der Waals surface area contributed by atoms with Crippen LogP contribution >= 0.6 is 46.4 Å². The van der Waals surface area contributed by atoms with E-state index in [9.17, 15) is 4.79 Å². The molecule has 0 saturated carbocycles. The lowest BCUT2D eigenvalue weighted by Crippen LogP contribution is -2.04. The van der Waals surface area contributed by atoms with E-state index in [1.165, 1.54) is 12.3 Å². The summed E-state index contributed by atoms with van der Waals surface area (Å²) in [6.45, 7) is 0. The second-order valence-corrected chi connectivity index (χ2v) is 4.86. The summed E-state index contributed by atoms with van der Waals surface area (Å²) in [5.74, 6) is 0. The van der Waals surface area contributed by atoms with E-state index in [0.29, 0.717) is 21.2 Å². The van der Waals surface area contributed by atoms with Gasteiger partial charge in [-0.15, -0.1) is 0 Å². The largest absolute Gasteiger partial charge is 0.327 e. The van der Waals surface area contributed by atoms with Gasteiger partial charge in [-0.2, -0.15) is 0 Å². The highest BCUT2D eigenvalue weighted by atomic mass is 35.5. The van der Waals surface area contributed by atoms with Gasteiger partial charge >= 0.3 is 0 Å². The molecule has 0 radical (unpaired) electrons. The van der Waals surface area contributed by atoms with Crippen molar-refractivity contribution in [3.8, 4) is 11.1 Å². The predicted molar refractivity (Wildman–Crippen MR) is 72.5 cm³/mol. The van der Waals surface area contributed by atoms with Crippen LogP contribution in [0.1, 0.15) is 0 Å². The molecular weight excluding hydrogens is 304 g/mol. The zero-order valence-electron chi connectivity index (χ0n) is 8.23. The molecule has 17 heavy (non-hydrogen) atoms. The van der Waals surface area contributed by atoms with Crippen molar-refractivity contribution < 1.29 is 0 Å². The van der Waals surface area contributed by atoms with E-state index < -0.39 is 0 Å². The molecule has 0 aliphatic rings. The molecule has 2 rings (SSSR count). The van der Waals surface area contributed by atoms with Gasteiger partial charge in [0.2, 0.25) is 0 Å². The number of nitrogens with one attached hydrogen (secondary N) is 1. The molecular formula is C11H5Cl4NO. The van der Waals surface area contributed by atoms with Gasteiger partial charge in [-0.3, -0.25) is 4.79 Å². The first-order valence-corrected chi connectivity index (χ1v) is 6.04. The molecule has 2 nitrogen and oxygen atoms in total. The highest BCUT2D eigenvalue weighted by molar-refractivity contribution is 6.49. The van der Waals surface area contributed by atoms with Gasteiger partial charge in [-0.05, 0) is 12.1 Å². The third-order valence-corrected chi connectivity index (χ3v) is 3.78. The molecule has 0 aliphatic carbocycles. The van der Waals surface area contributed by atoms with Crippen molar-refractivity contribution in [2.45, 2.75) is 0 Å². The van der Waals surface area contributed by atoms with E-state index >= 15 is 0 Å². The van der Waals surface area contributed by atoms with Crippen molar-refractivity contribution in [2.24, 2.45) is 0 Å². The van der Waals surface area contributed by atoms with Gasteiger partial charge in [0, 0.05) is 17.3 Å². The van der Waals surface area contributed by atoms with Crippen LogP contribution in [0.5, 0.6) is 0 Å². The van der Waals surface area contributed by atoms with Gasteiger partial charge in [-0.25, -0.2) is 0 Å². The first-order valence-electron chi connectivity index (χ1n) is 4.53. The highest BCUT2D eigenvalue weighted by Gasteiger charge is 2.11. The van der Waals surface area contributed by atoms with Gasteiger partial charge in [0.15, 0.2) is 0 Å². The number of benzene rings is 1. The number of H-pyrrole nitrogens is 1. The molecule has 0 saturated heterocycles. The minimum atomic E-state index is -0.355. The van der Waals surface area contributed by atoms with Crippen LogP contribution in [0, 0.1) is 0 Å². The fourth-order valence-corrected chi connectivity index (χ4v) is 2.18. The van der Waals surface area contributed by atoms with Crippen LogP contribution in [0.2, 0.25) is 20.1 Å². The van der Waals surface area contributed by atoms with E-state index in [0.717, 1.165) is 0 Å². The standard InChI is InChI=1S/C11H5Cl4NO/c12-7-2-1-6(9(14)10(7)15)5-3-8(13)11(17)16-4-5/h1-4H,(H,16,17). The van der Waals surface area contributed by atoms with Gasteiger partial charge in [0.05, 0.1) is 15.1 Å². The molecule has 1 heterocycles. The molecule has 6 heteroatoms. The summed E-state index contributed by atoms with van der Waals surface area (Å²) >= 11 is 23.6. The lowest BCUT2D eigenvalue weighted by molar-refractivity contribution is 1.24. The first kappa shape index (κ1) is 12.8. The van der Waals surface area contributed by atoms with Crippen LogP contribution in [0.25, 0.3) is 11.1 Å². The summed E-state index contributed by atoms with van der Waals surface area (Å²) in [6.07, 6.45) is 1.51. The monoisotopic (exact) mass is 307 g/mol. The zero-order chi connectivity index (χ0) is 12.6. The second-order valence-electron chi connectivity index (χ2n) is 3.29. The Bertz CT molecular complexity index is 636. The third-order valence-electron chi connectivity index (χ3n) is 2.20. The van der Waals surface area contributed by atoms with Crippen LogP contribution in [0.3, 0.4) is 0 Å². The molecule has 1 N–H and O–H groups in total. The molecule has 1 aromatic carbocycles. The average Bonchev–Trinajstić information content (AvgIpc) is 2.30. The Morgan fingerprint density at radius 3 is 2.29 bits per heavy atom. The number of hydrogen-bond donors (Lipinski definition) is 1. The number of hydrogen-bond acceptors (Lipinski definition) is 1. The molecule has 1 aromatic heterocycles. The Kier molecular flexibility index (Phi) is 3.69. The number of rotatable bonds is 1. The van der Waals surface area contributed by atoms with Gasteiger partial charge < -0.3 is 4.98 Å². The summed E-state index contributed by atoms with van der Waals surface area (Å²) < 4.78 is 0. The van der Waals surface area contributed by atoms with Crippen LogP contribution in [-0.4, -0.2) is 4.98 Å². The zero-order valence-corrected chi connectivity index (χ0v) is 11.3. The van der Waals surface area contributed by atoms with Crippen molar-refractivity contribution in [1.29, 1.82) is 0 Å². The molecule has 88 valence electrons. The Morgan fingerprint density at radius 1 is 0.941 bits per heavy atom. The third kappa shape index (κ3) is 2.45. The van der Waals surface area contributed by atoms with Gasteiger partial charge in [0.25, 0.3) is 5.56 Å². The predicted octanol–water partition coefficient (Wildman–Crippen LogP) is 4.66. The maximum atomic E-state index is 11.1. The van der Waals surface area contributed by atoms with Crippen molar-refractivity contribution in [1.82, 2.24) is 4.98 Å². The fraction of sp³-hybridized carbons (Fsp3) is 0. The highest BCUT2D eigenvalue weighted by Crippen LogP contribution is 2.37. The summed E-state index contributed by atoms with van der Waals surface area (Å²) in [5, 5.41) is 1.05. The Morgan fingerprint density at radius 2 is 1.65 bits per heavy atom. The number of aromatic amines is 1. The van der Waals surface area contributed by atoms with E-state index in [4.69, 9.17) is 46.4 Å². The summed E-state index contributed by atoms with van der Waals surface area (Å²) in [4.78, 5) is 13.6. The molecule has 0 unspecified atom stereocenters. The van der Waals surface area contributed by atoms with Crippen molar-refractivity contribution in [3.63, 3.8) is 0 Å². The second kappa shape index (κ2) is 4.91. The molecule has 0 atom stereocenters. The van der Waals surface area contributed by atoms with E-state index in [1.807, 2.05) is 0 Å². The van der Waals surface area contributed by atoms with Crippen LogP contribution in [-0.2, 0) is 0 Å². The van der Waals surface area contributed by atoms with Crippen LogP contribution < -0.4 is 5.56 Å². The molecule has 0 spiro atoms. The average molecular weight is 309 g/mol.